The lowest BCUT2D eigenvalue weighted by molar-refractivity contribution is 0.102. The third-order valence-corrected chi connectivity index (χ3v) is 8.98. The average molecular weight is 538 g/mol. The molecule has 0 radical (unpaired) electrons. The maximum atomic E-state index is 13.5. The number of carbonyl (C=O) groups is 1. The van der Waals surface area contributed by atoms with Crippen LogP contribution in [0.25, 0.3) is 0 Å². The van der Waals surface area contributed by atoms with Crippen molar-refractivity contribution in [2.24, 2.45) is 24.8 Å². The van der Waals surface area contributed by atoms with Crippen LogP contribution in [0.15, 0.2) is 42.7 Å². The fourth-order valence-corrected chi connectivity index (χ4v) is 6.93. The van der Waals surface area contributed by atoms with Crippen LogP contribution < -0.4 is 5.32 Å². The summed E-state index contributed by atoms with van der Waals surface area (Å²) in [4.78, 5) is 20.9. The molecule has 1 aliphatic heterocycles. The Hall–Kier alpha value is -3.57. The van der Waals surface area contributed by atoms with E-state index in [1.54, 1.807) is 6.33 Å². The zero-order chi connectivity index (χ0) is 27.9. The van der Waals surface area contributed by atoms with Crippen LogP contribution in [-0.2, 0) is 25.4 Å². The minimum atomic E-state index is -0.193. The van der Waals surface area contributed by atoms with Crippen LogP contribution in [0.4, 0.5) is 5.69 Å². The second-order valence-electron chi connectivity index (χ2n) is 12.8. The number of hydrogen-bond acceptors (Lipinski definition) is 6. The SMILES string of the molecule is C[C@@H]1C[C@H](C)CN(Cc2cc(C(=O)Nc3cccc(C4(Cc5nncn5C)CC(C#N)C4)c3)nc(C3CC3)c2)C1. The molecule has 3 aromatic rings. The lowest BCUT2D eigenvalue weighted by Gasteiger charge is -2.45. The van der Waals surface area contributed by atoms with E-state index < -0.39 is 0 Å². The Balaban J connectivity index is 1.22. The first-order valence-corrected chi connectivity index (χ1v) is 14.7. The van der Waals surface area contributed by atoms with Gasteiger partial charge in [0.25, 0.3) is 5.91 Å². The van der Waals surface area contributed by atoms with Gasteiger partial charge in [-0.15, -0.1) is 10.2 Å². The molecular formula is C32H39N7O. The molecule has 8 heteroatoms. The van der Waals surface area contributed by atoms with E-state index in [4.69, 9.17) is 4.98 Å². The molecule has 1 N–H and O–H groups in total. The molecule has 1 aromatic carbocycles. The van der Waals surface area contributed by atoms with E-state index in [0.717, 1.165) is 68.1 Å². The number of nitrogens with zero attached hydrogens (tertiary/aromatic N) is 6. The first-order valence-electron chi connectivity index (χ1n) is 14.7. The third kappa shape index (κ3) is 5.66. The lowest BCUT2D eigenvalue weighted by Crippen LogP contribution is -2.43. The van der Waals surface area contributed by atoms with Gasteiger partial charge in [-0.1, -0.05) is 26.0 Å². The Kier molecular flexibility index (Phi) is 7.18. The molecule has 8 nitrogen and oxygen atoms in total. The van der Waals surface area contributed by atoms with Crippen molar-refractivity contribution in [1.82, 2.24) is 24.6 Å². The lowest BCUT2D eigenvalue weighted by atomic mass is 9.57. The van der Waals surface area contributed by atoms with E-state index >= 15 is 0 Å². The largest absolute Gasteiger partial charge is 0.321 e. The predicted octanol–water partition coefficient (Wildman–Crippen LogP) is 5.23. The molecule has 1 amide bonds. The smallest absolute Gasteiger partial charge is 0.274 e. The number of aromatic nitrogens is 4. The zero-order valence-corrected chi connectivity index (χ0v) is 23.8. The topological polar surface area (TPSA) is 99.7 Å². The molecule has 2 saturated carbocycles. The molecule has 3 heterocycles. The number of pyridine rings is 1. The van der Waals surface area contributed by atoms with Gasteiger partial charge >= 0.3 is 0 Å². The molecule has 1 saturated heterocycles. The van der Waals surface area contributed by atoms with Crippen molar-refractivity contribution in [1.29, 1.82) is 5.26 Å². The number of nitriles is 1. The molecule has 2 atom stereocenters. The number of anilines is 1. The van der Waals surface area contributed by atoms with Gasteiger partial charge in [0, 0.05) is 61.7 Å². The van der Waals surface area contributed by atoms with Crippen LogP contribution in [0, 0.1) is 29.1 Å². The summed E-state index contributed by atoms with van der Waals surface area (Å²) in [7, 11) is 1.95. The van der Waals surface area contributed by atoms with E-state index in [9.17, 15) is 10.1 Å². The molecule has 2 aromatic heterocycles. The Bertz CT molecular complexity index is 1420. The highest BCUT2D eigenvalue weighted by Crippen LogP contribution is 2.50. The average Bonchev–Trinajstić information content (AvgIpc) is 3.67. The van der Waals surface area contributed by atoms with Gasteiger partial charge < -0.3 is 9.88 Å². The zero-order valence-electron chi connectivity index (χ0n) is 23.8. The molecule has 3 fully saturated rings. The van der Waals surface area contributed by atoms with Gasteiger partial charge in [-0.05, 0) is 79.3 Å². The molecule has 40 heavy (non-hydrogen) atoms. The highest BCUT2D eigenvalue weighted by Gasteiger charge is 2.46. The molecule has 3 aliphatic rings. The second-order valence-corrected chi connectivity index (χ2v) is 12.8. The van der Waals surface area contributed by atoms with E-state index in [2.05, 4.69) is 58.5 Å². The van der Waals surface area contributed by atoms with Gasteiger partial charge in [0.1, 0.15) is 17.8 Å². The summed E-state index contributed by atoms with van der Waals surface area (Å²) < 4.78 is 1.94. The van der Waals surface area contributed by atoms with Gasteiger partial charge in [0.05, 0.1) is 6.07 Å². The van der Waals surface area contributed by atoms with Crippen molar-refractivity contribution in [3.05, 3.63) is 71.1 Å². The van der Waals surface area contributed by atoms with E-state index in [1.165, 1.54) is 12.0 Å². The van der Waals surface area contributed by atoms with Crippen molar-refractivity contribution in [2.75, 3.05) is 18.4 Å². The van der Waals surface area contributed by atoms with Crippen LogP contribution in [-0.4, -0.2) is 43.6 Å². The van der Waals surface area contributed by atoms with Crippen molar-refractivity contribution < 1.29 is 4.79 Å². The van der Waals surface area contributed by atoms with Gasteiger partial charge in [0.2, 0.25) is 0 Å². The normalized spacial score (nSPS) is 26.6. The summed E-state index contributed by atoms with van der Waals surface area (Å²) >= 11 is 0. The number of piperidine rings is 1. The van der Waals surface area contributed by atoms with Crippen molar-refractivity contribution >= 4 is 11.6 Å². The summed E-state index contributed by atoms with van der Waals surface area (Å²) in [5, 5.41) is 21.0. The fraction of sp³-hybridized carbons (Fsp3) is 0.531. The van der Waals surface area contributed by atoms with Crippen molar-refractivity contribution in [2.45, 2.75) is 70.3 Å². The molecule has 208 valence electrons. The van der Waals surface area contributed by atoms with Crippen LogP contribution in [0.3, 0.4) is 0 Å². The summed E-state index contributed by atoms with van der Waals surface area (Å²) in [6.45, 7) is 7.72. The number of hydrogen-bond donors (Lipinski definition) is 1. The Morgan fingerprint density at radius 3 is 2.60 bits per heavy atom. The van der Waals surface area contributed by atoms with Crippen LogP contribution in [0.2, 0.25) is 0 Å². The number of rotatable bonds is 8. The number of benzene rings is 1. The minimum Gasteiger partial charge on any atom is -0.321 e. The first-order chi connectivity index (χ1) is 19.3. The molecule has 2 aliphatic carbocycles. The summed E-state index contributed by atoms with van der Waals surface area (Å²) in [6.07, 6.45) is 7.55. The number of aryl methyl sites for hydroxylation is 1. The monoisotopic (exact) mass is 537 g/mol. The first kappa shape index (κ1) is 26.6. The van der Waals surface area contributed by atoms with E-state index in [-0.39, 0.29) is 17.2 Å². The molecule has 6 rings (SSSR count). The minimum absolute atomic E-state index is 0.0325. The van der Waals surface area contributed by atoms with Gasteiger partial charge in [0.15, 0.2) is 0 Å². The Morgan fingerprint density at radius 2 is 1.93 bits per heavy atom. The Morgan fingerprint density at radius 1 is 1.15 bits per heavy atom. The summed E-state index contributed by atoms with van der Waals surface area (Å²) in [5.74, 6) is 2.62. The maximum absolute atomic E-state index is 13.5. The summed E-state index contributed by atoms with van der Waals surface area (Å²) in [5.41, 5.74) is 4.39. The molecule has 0 unspecified atom stereocenters. The molecule has 0 spiro atoms. The number of likely N-dealkylation sites (tertiary alicyclic amines) is 1. The van der Waals surface area contributed by atoms with Gasteiger partial charge in [-0.25, -0.2) is 4.98 Å². The highest BCUT2D eigenvalue weighted by atomic mass is 16.1. The second kappa shape index (κ2) is 10.8. The Labute approximate surface area is 236 Å². The van der Waals surface area contributed by atoms with E-state index in [1.807, 2.05) is 29.8 Å². The van der Waals surface area contributed by atoms with Crippen molar-refractivity contribution in [3.63, 3.8) is 0 Å². The quantitative estimate of drug-likeness (QED) is 0.422. The highest BCUT2D eigenvalue weighted by molar-refractivity contribution is 6.03. The van der Waals surface area contributed by atoms with E-state index in [0.29, 0.717) is 29.9 Å². The standard InChI is InChI=1S/C32H39N7O/c1-21-9-22(2)18-39(17-21)19-23-10-28(25-7-8-25)36-29(11-23)31(40)35-27-6-4-5-26(12-27)32(13-24(14-32)16-33)15-30-37-34-20-38(30)3/h4-6,10-12,20-22,24-25H,7-9,13-15,17-19H2,1-3H3,(H,35,40)/t21-,22+,24?,32?. The third-order valence-electron chi connectivity index (χ3n) is 8.98. The number of amides is 1. The van der Waals surface area contributed by atoms with Crippen LogP contribution >= 0.6 is 0 Å². The van der Waals surface area contributed by atoms with Gasteiger partial charge in [-0.2, -0.15) is 5.26 Å². The maximum Gasteiger partial charge on any atom is 0.274 e. The van der Waals surface area contributed by atoms with Gasteiger partial charge in [-0.3, -0.25) is 9.69 Å². The van der Waals surface area contributed by atoms with Crippen LogP contribution in [0.5, 0.6) is 0 Å². The number of carbonyl (C=O) groups excluding carboxylic acids is 1. The fourth-order valence-electron chi connectivity index (χ4n) is 6.93. The summed E-state index contributed by atoms with van der Waals surface area (Å²) in [6, 6.07) is 14.7. The predicted molar refractivity (Wildman–Crippen MR) is 154 cm³/mol. The van der Waals surface area contributed by atoms with Crippen LogP contribution in [0.1, 0.15) is 85.0 Å². The molecule has 0 bridgehead atoms. The molecular weight excluding hydrogens is 498 g/mol. The number of nitrogens with one attached hydrogen (secondary N) is 1. The van der Waals surface area contributed by atoms with Crippen molar-refractivity contribution in [3.8, 4) is 6.07 Å².